The molecule has 1 aliphatic rings. The second-order valence-electron chi connectivity index (χ2n) is 7.29. The van der Waals surface area contributed by atoms with E-state index in [2.05, 4.69) is 4.98 Å². The van der Waals surface area contributed by atoms with Crippen LogP contribution in [0.15, 0.2) is 50.3 Å². The predicted molar refractivity (Wildman–Crippen MR) is 113 cm³/mol. The molecule has 0 bridgehead atoms. The number of carbonyl (C=O) groups excluding carboxylic acids is 1. The zero-order valence-corrected chi connectivity index (χ0v) is 18.1. The summed E-state index contributed by atoms with van der Waals surface area (Å²) < 4.78 is 34.8. The summed E-state index contributed by atoms with van der Waals surface area (Å²) >= 11 is 0. The third-order valence-electron chi connectivity index (χ3n) is 5.08. The third-order valence-corrected chi connectivity index (χ3v) is 6.17. The van der Waals surface area contributed by atoms with Gasteiger partial charge in [-0.05, 0) is 18.2 Å². The van der Waals surface area contributed by atoms with E-state index in [0.29, 0.717) is 18.8 Å². The molecule has 2 aromatic heterocycles. The summed E-state index contributed by atoms with van der Waals surface area (Å²) in [6.45, 7) is 1.05. The summed E-state index contributed by atoms with van der Waals surface area (Å²) in [5, 5.41) is 20.6. The maximum Gasteiger partial charge on any atom is 0.271 e. The Morgan fingerprint density at radius 1 is 1.24 bits per heavy atom. The molecule has 13 heteroatoms. The van der Waals surface area contributed by atoms with Crippen LogP contribution in [0, 0.1) is 21.4 Å². The van der Waals surface area contributed by atoms with Gasteiger partial charge < -0.3 is 18.6 Å². The van der Waals surface area contributed by atoms with Crippen LogP contribution in [0.2, 0.25) is 0 Å². The molecule has 170 valence electrons. The number of nitro benzene ring substituents is 1. The molecular weight excluding hydrogens is 454 g/mol. The van der Waals surface area contributed by atoms with Gasteiger partial charge in [0.2, 0.25) is 11.6 Å². The number of oxazole rings is 1. The predicted octanol–water partition coefficient (Wildman–Crippen LogP) is 2.08. The Balaban J connectivity index is 1.53. The average Bonchev–Trinajstić information content (AvgIpc) is 3.47. The first kappa shape index (κ1) is 22.0. The standard InChI is InChI=1S/C20H17N5O7S/c1-33(29,30)15-10-13(9-14(11-15)25(27)28)19(26)23-4-6-24(7-5-23)20-16(12-21)22-18(32-20)17-3-2-8-31-17/h2-3,8-11H,4-7H2,1H3. The van der Waals surface area contributed by atoms with Crippen LogP contribution in [-0.2, 0) is 9.84 Å². The zero-order chi connectivity index (χ0) is 23.8. The lowest BCUT2D eigenvalue weighted by Gasteiger charge is -2.34. The Morgan fingerprint density at radius 3 is 2.55 bits per heavy atom. The molecule has 0 aliphatic carbocycles. The number of furan rings is 1. The van der Waals surface area contributed by atoms with Gasteiger partial charge in [0.25, 0.3) is 17.5 Å². The number of nitriles is 1. The summed E-state index contributed by atoms with van der Waals surface area (Å²) in [6.07, 6.45) is 2.37. The first-order chi connectivity index (χ1) is 15.7. The van der Waals surface area contributed by atoms with E-state index < -0.39 is 26.4 Å². The second-order valence-corrected chi connectivity index (χ2v) is 9.30. The van der Waals surface area contributed by atoms with Crippen molar-refractivity contribution in [2.45, 2.75) is 4.90 Å². The van der Waals surface area contributed by atoms with Gasteiger partial charge >= 0.3 is 0 Å². The molecule has 33 heavy (non-hydrogen) atoms. The Hall–Kier alpha value is -4.18. The van der Waals surface area contributed by atoms with E-state index in [1.54, 1.807) is 17.0 Å². The van der Waals surface area contributed by atoms with Crippen molar-refractivity contribution in [3.8, 4) is 17.7 Å². The lowest BCUT2D eigenvalue weighted by molar-refractivity contribution is -0.385. The number of carbonyl (C=O) groups is 1. The van der Waals surface area contributed by atoms with E-state index in [-0.39, 0.29) is 41.0 Å². The smallest absolute Gasteiger partial charge is 0.271 e. The van der Waals surface area contributed by atoms with Crippen LogP contribution < -0.4 is 4.90 Å². The Kier molecular flexibility index (Phi) is 5.60. The normalized spacial score (nSPS) is 14.2. The number of sulfone groups is 1. The van der Waals surface area contributed by atoms with E-state index >= 15 is 0 Å². The molecule has 1 aliphatic heterocycles. The van der Waals surface area contributed by atoms with Crippen molar-refractivity contribution in [1.29, 1.82) is 5.26 Å². The van der Waals surface area contributed by atoms with Crippen LogP contribution in [0.3, 0.4) is 0 Å². The number of nitrogens with zero attached hydrogens (tertiary/aromatic N) is 5. The fourth-order valence-electron chi connectivity index (χ4n) is 3.43. The van der Waals surface area contributed by atoms with E-state index in [4.69, 9.17) is 8.83 Å². The maximum atomic E-state index is 13.0. The number of non-ortho nitro benzene ring substituents is 1. The highest BCUT2D eigenvalue weighted by Gasteiger charge is 2.29. The number of hydrogen-bond donors (Lipinski definition) is 0. The molecule has 0 spiro atoms. The summed E-state index contributed by atoms with van der Waals surface area (Å²) in [5.41, 5.74) is -0.487. The van der Waals surface area contributed by atoms with Gasteiger partial charge in [-0.25, -0.2) is 8.42 Å². The molecule has 12 nitrogen and oxygen atoms in total. The van der Waals surface area contributed by atoms with Crippen molar-refractivity contribution in [3.05, 3.63) is 58.0 Å². The Labute approximate surface area is 187 Å². The molecular formula is C20H17N5O7S. The molecule has 0 atom stereocenters. The Bertz CT molecular complexity index is 1360. The molecule has 1 fully saturated rings. The van der Waals surface area contributed by atoms with Gasteiger partial charge in [0.05, 0.1) is 16.1 Å². The lowest BCUT2D eigenvalue weighted by Crippen LogP contribution is -2.49. The highest BCUT2D eigenvalue weighted by atomic mass is 32.2. The first-order valence-corrected chi connectivity index (χ1v) is 11.5. The minimum absolute atomic E-state index is 0.0812. The quantitative estimate of drug-likeness (QED) is 0.397. The zero-order valence-electron chi connectivity index (χ0n) is 17.3. The molecule has 4 rings (SSSR count). The van der Waals surface area contributed by atoms with Crippen molar-refractivity contribution >= 4 is 27.3 Å². The van der Waals surface area contributed by atoms with Crippen LogP contribution >= 0.6 is 0 Å². The number of rotatable bonds is 5. The average molecular weight is 471 g/mol. The molecule has 0 N–H and O–H groups in total. The number of aromatic nitrogens is 1. The summed E-state index contributed by atoms with van der Waals surface area (Å²) in [4.78, 5) is 30.5. The minimum atomic E-state index is -3.76. The monoisotopic (exact) mass is 471 g/mol. The van der Waals surface area contributed by atoms with E-state index in [0.717, 1.165) is 24.5 Å². The highest BCUT2D eigenvalue weighted by Crippen LogP contribution is 2.29. The number of anilines is 1. The number of benzene rings is 1. The number of amides is 1. The van der Waals surface area contributed by atoms with Crippen molar-refractivity contribution in [1.82, 2.24) is 9.88 Å². The van der Waals surface area contributed by atoms with E-state index in [1.165, 1.54) is 11.2 Å². The minimum Gasteiger partial charge on any atom is -0.459 e. The Morgan fingerprint density at radius 2 is 1.97 bits per heavy atom. The topological polar surface area (TPSA) is 164 Å². The molecule has 1 aromatic carbocycles. The van der Waals surface area contributed by atoms with Crippen LogP contribution in [-0.4, -0.2) is 61.6 Å². The van der Waals surface area contributed by atoms with Gasteiger partial charge in [-0.2, -0.15) is 10.2 Å². The van der Waals surface area contributed by atoms with Gasteiger partial charge in [0, 0.05) is 50.1 Å². The van der Waals surface area contributed by atoms with Crippen LogP contribution in [0.4, 0.5) is 11.6 Å². The van der Waals surface area contributed by atoms with E-state index in [9.17, 15) is 28.6 Å². The van der Waals surface area contributed by atoms with Crippen molar-refractivity contribution in [2.75, 3.05) is 37.3 Å². The van der Waals surface area contributed by atoms with Gasteiger partial charge in [-0.15, -0.1) is 0 Å². The number of piperazine rings is 1. The van der Waals surface area contributed by atoms with Crippen LogP contribution in [0.5, 0.6) is 0 Å². The molecule has 3 heterocycles. The molecule has 0 unspecified atom stereocenters. The summed E-state index contributed by atoms with van der Waals surface area (Å²) in [5.74, 6) is 0.261. The van der Waals surface area contributed by atoms with Crippen LogP contribution in [0.25, 0.3) is 11.7 Å². The molecule has 1 saturated heterocycles. The highest BCUT2D eigenvalue weighted by molar-refractivity contribution is 7.90. The fraction of sp³-hybridized carbons (Fsp3) is 0.250. The van der Waals surface area contributed by atoms with Gasteiger partial charge in [0.1, 0.15) is 6.07 Å². The van der Waals surface area contributed by atoms with Crippen molar-refractivity contribution in [2.24, 2.45) is 0 Å². The number of hydrogen-bond acceptors (Lipinski definition) is 10. The maximum absolute atomic E-state index is 13.0. The lowest BCUT2D eigenvalue weighted by atomic mass is 10.1. The molecule has 3 aromatic rings. The molecule has 1 amide bonds. The first-order valence-electron chi connectivity index (χ1n) is 9.66. The van der Waals surface area contributed by atoms with Crippen molar-refractivity contribution < 1.29 is 27.0 Å². The third kappa shape index (κ3) is 4.41. The largest absolute Gasteiger partial charge is 0.459 e. The molecule has 0 saturated carbocycles. The SMILES string of the molecule is CS(=O)(=O)c1cc(C(=O)N2CCN(c3oc(-c4ccco4)nc3C#N)CC2)cc([N+](=O)[O-])c1. The number of nitro groups is 1. The second kappa shape index (κ2) is 8.40. The summed E-state index contributed by atoms with van der Waals surface area (Å²) in [6, 6.07) is 8.42. The van der Waals surface area contributed by atoms with E-state index in [1.807, 2.05) is 6.07 Å². The van der Waals surface area contributed by atoms with Gasteiger partial charge in [0.15, 0.2) is 15.6 Å². The van der Waals surface area contributed by atoms with Crippen LogP contribution in [0.1, 0.15) is 16.1 Å². The van der Waals surface area contributed by atoms with Gasteiger partial charge in [-0.3, -0.25) is 14.9 Å². The fourth-order valence-corrected chi connectivity index (χ4v) is 4.10. The summed E-state index contributed by atoms with van der Waals surface area (Å²) in [7, 11) is -3.76. The van der Waals surface area contributed by atoms with Crippen molar-refractivity contribution in [3.63, 3.8) is 0 Å². The van der Waals surface area contributed by atoms with Gasteiger partial charge in [-0.1, -0.05) is 0 Å². The molecule has 0 radical (unpaired) electrons.